The number of aliphatic hydroxyl groups is 4. The van der Waals surface area contributed by atoms with Crippen molar-refractivity contribution in [2.75, 3.05) is 13.7 Å². The zero-order chi connectivity index (χ0) is 14.6. The quantitative estimate of drug-likeness (QED) is 0.484. The van der Waals surface area contributed by atoms with Gasteiger partial charge in [-0.1, -0.05) is 13.0 Å². The van der Waals surface area contributed by atoms with Crippen molar-refractivity contribution in [2.45, 2.75) is 50.0 Å². The minimum atomic E-state index is -1.43. The van der Waals surface area contributed by atoms with Crippen LogP contribution in [-0.4, -0.2) is 64.3 Å². The summed E-state index contributed by atoms with van der Waals surface area (Å²) in [6, 6.07) is 0. The molecule has 6 nitrogen and oxygen atoms in total. The number of methoxy groups -OCH3 is 1. The second kappa shape index (κ2) is 6.78. The fourth-order valence-corrected chi connectivity index (χ4v) is 2.23. The third kappa shape index (κ3) is 3.34. The second-order valence-corrected chi connectivity index (χ2v) is 5.03. The fraction of sp³-hybridized carbons (Fsp3) is 0.846. The Hall–Kier alpha value is -0.500. The molecule has 0 amide bonds. The molecule has 0 bridgehead atoms. The lowest BCUT2D eigenvalue weighted by molar-refractivity contribution is -0.360. The third-order valence-electron chi connectivity index (χ3n) is 3.73. The number of rotatable bonds is 6. The van der Waals surface area contributed by atoms with Gasteiger partial charge < -0.3 is 29.9 Å². The Labute approximate surface area is 113 Å². The molecule has 0 radical (unpaired) electrons. The van der Waals surface area contributed by atoms with Gasteiger partial charge in [-0.2, -0.15) is 0 Å². The first kappa shape index (κ1) is 16.6. The van der Waals surface area contributed by atoms with Gasteiger partial charge in [0.15, 0.2) is 5.79 Å². The minimum absolute atomic E-state index is 0.194. The van der Waals surface area contributed by atoms with E-state index < -0.39 is 36.8 Å². The van der Waals surface area contributed by atoms with Gasteiger partial charge >= 0.3 is 0 Å². The van der Waals surface area contributed by atoms with Crippen molar-refractivity contribution < 1.29 is 29.9 Å². The van der Waals surface area contributed by atoms with Crippen LogP contribution >= 0.6 is 0 Å². The van der Waals surface area contributed by atoms with Gasteiger partial charge in [0.1, 0.15) is 24.4 Å². The zero-order valence-corrected chi connectivity index (χ0v) is 11.4. The van der Waals surface area contributed by atoms with Crippen LogP contribution < -0.4 is 0 Å². The Balaban J connectivity index is 2.86. The molecule has 1 aliphatic rings. The summed E-state index contributed by atoms with van der Waals surface area (Å²) in [6.07, 6.45) is -2.42. The third-order valence-corrected chi connectivity index (χ3v) is 3.73. The first-order chi connectivity index (χ1) is 8.91. The molecule has 1 fully saturated rings. The van der Waals surface area contributed by atoms with Crippen molar-refractivity contribution >= 4 is 0 Å². The summed E-state index contributed by atoms with van der Waals surface area (Å²) in [5, 5.41) is 38.8. The minimum Gasteiger partial charge on any atom is -0.394 e. The molecule has 112 valence electrons. The molecule has 6 atom stereocenters. The maximum absolute atomic E-state index is 10.1. The van der Waals surface area contributed by atoms with E-state index in [0.717, 1.165) is 0 Å². The molecule has 19 heavy (non-hydrogen) atoms. The number of allylic oxidation sites excluding steroid dienone is 1. The molecule has 1 saturated heterocycles. The Kier molecular flexibility index (Phi) is 5.91. The van der Waals surface area contributed by atoms with Gasteiger partial charge in [-0.25, -0.2) is 0 Å². The summed E-state index contributed by atoms with van der Waals surface area (Å²) in [6.45, 7) is 5.17. The number of aliphatic hydroxyl groups excluding tert-OH is 4. The van der Waals surface area contributed by atoms with Crippen LogP contribution in [0.3, 0.4) is 0 Å². The monoisotopic (exact) mass is 276 g/mol. The van der Waals surface area contributed by atoms with E-state index in [2.05, 4.69) is 6.58 Å². The van der Waals surface area contributed by atoms with E-state index in [9.17, 15) is 15.3 Å². The van der Waals surface area contributed by atoms with E-state index in [1.807, 2.05) is 6.92 Å². The lowest BCUT2D eigenvalue weighted by atomic mass is 9.88. The van der Waals surface area contributed by atoms with E-state index >= 15 is 0 Å². The molecular formula is C13H24O6. The van der Waals surface area contributed by atoms with E-state index in [4.69, 9.17) is 14.6 Å². The molecular weight excluding hydrogens is 252 g/mol. The normalized spacial score (nSPS) is 40.9. The average molecular weight is 276 g/mol. The van der Waals surface area contributed by atoms with Crippen molar-refractivity contribution in [3.8, 4) is 0 Å². The van der Waals surface area contributed by atoms with E-state index in [-0.39, 0.29) is 5.92 Å². The Morgan fingerprint density at radius 3 is 2.47 bits per heavy atom. The van der Waals surface area contributed by atoms with Gasteiger partial charge in [0.2, 0.25) is 0 Å². The molecule has 1 rings (SSSR count). The molecule has 4 N–H and O–H groups in total. The highest BCUT2D eigenvalue weighted by Gasteiger charge is 2.53. The van der Waals surface area contributed by atoms with Crippen LogP contribution in [0, 0.1) is 5.92 Å². The molecule has 1 aliphatic heterocycles. The van der Waals surface area contributed by atoms with Crippen molar-refractivity contribution in [3.05, 3.63) is 12.7 Å². The van der Waals surface area contributed by atoms with Gasteiger partial charge in [0, 0.05) is 13.5 Å². The summed E-state index contributed by atoms with van der Waals surface area (Å²) < 4.78 is 10.7. The smallest absolute Gasteiger partial charge is 0.197 e. The molecule has 0 aromatic rings. The van der Waals surface area contributed by atoms with Crippen molar-refractivity contribution in [3.63, 3.8) is 0 Å². The SMILES string of the molecule is C=C[C@@H](C)CC[C@]1(OC)OC(CO)[C@@H](O)[C@H](O)[C@H]1O. The molecule has 6 heteroatoms. The maximum atomic E-state index is 10.1. The lowest BCUT2D eigenvalue weighted by Gasteiger charge is -2.47. The van der Waals surface area contributed by atoms with Crippen LogP contribution in [-0.2, 0) is 9.47 Å². The number of hydrogen-bond acceptors (Lipinski definition) is 6. The van der Waals surface area contributed by atoms with Crippen LogP contribution in [0.1, 0.15) is 19.8 Å². The molecule has 1 heterocycles. The van der Waals surface area contributed by atoms with Gasteiger partial charge in [0.25, 0.3) is 0 Å². The predicted octanol–water partition coefficient (Wildman–Crippen LogP) is -0.595. The summed E-state index contributed by atoms with van der Waals surface area (Å²) in [7, 11) is 1.36. The van der Waals surface area contributed by atoms with Gasteiger partial charge in [0.05, 0.1) is 6.61 Å². The van der Waals surface area contributed by atoms with Crippen LogP contribution in [0.25, 0.3) is 0 Å². The molecule has 0 spiro atoms. The Morgan fingerprint density at radius 1 is 1.37 bits per heavy atom. The van der Waals surface area contributed by atoms with E-state index in [1.165, 1.54) is 7.11 Å². The van der Waals surface area contributed by atoms with Crippen molar-refractivity contribution in [1.29, 1.82) is 0 Å². The molecule has 0 aromatic heterocycles. The van der Waals surface area contributed by atoms with Gasteiger partial charge in [-0.15, -0.1) is 6.58 Å². The maximum Gasteiger partial charge on any atom is 0.197 e. The molecule has 1 unspecified atom stereocenters. The molecule has 0 aromatic carbocycles. The Bertz CT molecular complexity index is 295. The second-order valence-electron chi connectivity index (χ2n) is 5.03. The number of hydrogen-bond donors (Lipinski definition) is 4. The van der Waals surface area contributed by atoms with Crippen LogP contribution in [0.2, 0.25) is 0 Å². The topological polar surface area (TPSA) is 99.4 Å². The standard InChI is InChI=1S/C13H24O6/c1-4-8(2)5-6-13(18-3)12(17)11(16)10(15)9(7-14)19-13/h4,8-12,14-17H,1,5-7H2,2-3H3/t8-,9?,10-,11+,12-,13+/m1/s1. The van der Waals surface area contributed by atoms with Crippen molar-refractivity contribution in [2.24, 2.45) is 5.92 Å². The van der Waals surface area contributed by atoms with E-state index in [0.29, 0.717) is 12.8 Å². The Morgan fingerprint density at radius 2 is 2.00 bits per heavy atom. The highest BCUT2D eigenvalue weighted by molar-refractivity contribution is 4.97. The highest BCUT2D eigenvalue weighted by atomic mass is 16.7. The van der Waals surface area contributed by atoms with Gasteiger partial charge in [-0.3, -0.25) is 0 Å². The van der Waals surface area contributed by atoms with Crippen molar-refractivity contribution in [1.82, 2.24) is 0 Å². The first-order valence-electron chi connectivity index (χ1n) is 6.42. The first-order valence-corrected chi connectivity index (χ1v) is 6.42. The zero-order valence-electron chi connectivity index (χ0n) is 11.4. The van der Waals surface area contributed by atoms with Gasteiger partial charge in [-0.05, 0) is 12.3 Å². The molecule has 0 aliphatic carbocycles. The van der Waals surface area contributed by atoms with Crippen LogP contribution in [0.15, 0.2) is 12.7 Å². The van der Waals surface area contributed by atoms with Crippen LogP contribution in [0.4, 0.5) is 0 Å². The average Bonchev–Trinajstić information content (AvgIpc) is 2.44. The lowest BCUT2D eigenvalue weighted by Crippen LogP contribution is -2.65. The number of ether oxygens (including phenoxy) is 2. The summed E-state index contributed by atoms with van der Waals surface area (Å²) in [5.74, 6) is -1.23. The van der Waals surface area contributed by atoms with Crippen LogP contribution in [0.5, 0.6) is 0 Å². The van der Waals surface area contributed by atoms with E-state index in [1.54, 1.807) is 6.08 Å². The highest BCUT2D eigenvalue weighted by Crippen LogP contribution is 2.35. The summed E-state index contributed by atoms with van der Waals surface area (Å²) in [5.41, 5.74) is 0. The largest absolute Gasteiger partial charge is 0.394 e. The predicted molar refractivity (Wildman–Crippen MR) is 68.3 cm³/mol. The summed E-state index contributed by atoms with van der Waals surface area (Å²) in [4.78, 5) is 0. The molecule has 0 saturated carbocycles. The summed E-state index contributed by atoms with van der Waals surface area (Å²) >= 11 is 0. The fourth-order valence-electron chi connectivity index (χ4n) is 2.23.